The van der Waals surface area contributed by atoms with Gasteiger partial charge in [0.1, 0.15) is 12.1 Å². The van der Waals surface area contributed by atoms with Crippen LogP contribution in [-0.4, -0.2) is 35.4 Å². The van der Waals surface area contributed by atoms with E-state index in [9.17, 15) is 13.2 Å². The third-order valence-corrected chi connectivity index (χ3v) is 3.87. The molecule has 0 aliphatic rings. The van der Waals surface area contributed by atoms with Gasteiger partial charge in [-0.1, -0.05) is 18.2 Å². The molecular weight excluding hydrogens is 252 g/mol. The Kier molecular flexibility index (Phi) is 3.29. The molecule has 0 aliphatic carbocycles. The number of fused-ring (bicyclic) bond motifs is 1. The predicted molar refractivity (Wildman–Crippen MR) is 69.2 cm³/mol. The summed E-state index contributed by atoms with van der Waals surface area (Å²) in [5.41, 5.74) is 1.27. The maximum atomic E-state index is 11.9. The van der Waals surface area contributed by atoms with Crippen LogP contribution in [0.4, 0.5) is 0 Å². The minimum Gasteiger partial charge on any atom is -0.273 e. The quantitative estimate of drug-likeness (QED) is 0.780. The highest BCUT2D eigenvalue weighted by atomic mass is 32.2. The van der Waals surface area contributed by atoms with Gasteiger partial charge in [0.15, 0.2) is 9.84 Å². The molecule has 0 saturated carbocycles. The molecule has 1 heterocycles. The van der Waals surface area contributed by atoms with Crippen LogP contribution in [0.5, 0.6) is 0 Å². The molecule has 94 valence electrons. The van der Waals surface area contributed by atoms with E-state index in [0.717, 1.165) is 0 Å². The summed E-state index contributed by atoms with van der Waals surface area (Å²) in [7, 11) is -3.44. The van der Waals surface area contributed by atoms with Gasteiger partial charge in [-0.25, -0.2) is 13.4 Å². The van der Waals surface area contributed by atoms with Gasteiger partial charge in [-0.05, 0) is 12.1 Å². The van der Waals surface area contributed by atoms with Gasteiger partial charge in [0.25, 0.3) is 0 Å². The summed E-state index contributed by atoms with van der Waals surface area (Å²) in [4.78, 5) is 16.0. The Balaban J connectivity index is 2.32. The number of hydrogen-bond donors (Lipinski definition) is 0. The lowest BCUT2D eigenvalue weighted by Gasteiger charge is -2.03. The first-order valence-electron chi connectivity index (χ1n) is 5.30. The summed E-state index contributed by atoms with van der Waals surface area (Å²) in [5.74, 6) is -1.25. The van der Waals surface area contributed by atoms with Gasteiger partial charge in [-0.2, -0.15) is 0 Å². The fraction of sp³-hybridized carbons (Fsp3) is 0.167. The topological polar surface area (TPSA) is 69.0 Å². The van der Waals surface area contributed by atoms with E-state index >= 15 is 0 Å². The van der Waals surface area contributed by atoms with Crippen LogP contribution in [0.1, 0.15) is 4.79 Å². The van der Waals surface area contributed by atoms with Crippen molar-refractivity contribution in [2.24, 2.45) is 0 Å². The Bertz CT molecular complexity index is 701. The smallest absolute Gasteiger partial charge is 0.247 e. The molecule has 0 spiro atoms. The predicted octanol–water partition coefficient (Wildman–Crippen LogP) is 1.28. The van der Waals surface area contributed by atoms with Crippen molar-refractivity contribution in [3.05, 3.63) is 43.2 Å². The van der Waals surface area contributed by atoms with Crippen LogP contribution in [0.25, 0.3) is 11.0 Å². The van der Waals surface area contributed by atoms with Gasteiger partial charge in [0.05, 0.1) is 16.8 Å². The number of para-hydroxylation sites is 2. The molecule has 0 atom stereocenters. The molecule has 0 N–H and O–H groups in total. The normalized spacial score (nSPS) is 11.6. The number of aromatic nitrogens is 2. The van der Waals surface area contributed by atoms with Crippen LogP contribution < -0.4 is 0 Å². The van der Waals surface area contributed by atoms with Crippen LogP contribution in [0.3, 0.4) is 0 Å². The lowest BCUT2D eigenvalue weighted by Crippen LogP contribution is -2.22. The Morgan fingerprint density at radius 1 is 1.39 bits per heavy atom. The largest absolute Gasteiger partial charge is 0.273 e. The molecule has 18 heavy (non-hydrogen) atoms. The van der Waals surface area contributed by atoms with Crippen molar-refractivity contribution in [1.82, 2.24) is 9.55 Å². The van der Waals surface area contributed by atoms with Crippen LogP contribution in [0, 0.1) is 0 Å². The van der Waals surface area contributed by atoms with E-state index in [1.165, 1.54) is 17.0 Å². The Hall–Kier alpha value is -1.95. The molecule has 0 radical (unpaired) electrons. The number of rotatable bonds is 4. The number of nitrogens with zero attached hydrogens (tertiary/aromatic N) is 2. The minimum absolute atomic E-state index is 0.203. The lowest BCUT2D eigenvalue weighted by molar-refractivity contribution is 0.0944. The molecule has 0 saturated heterocycles. The van der Waals surface area contributed by atoms with E-state index < -0.39 is 21.5 Å². The van der Waals surface area contributed by atoms with Crippen molar-refractivity contribution < 1.29 is 13.2 Å². The third-order valence-electron chi connectivity index (χ3n) is 2.44. The first kappa shape index (κ1) is 12.5. The maximum Gasteiger partial charge on any atom is 0.247 e. The molecular formula is C12H12N2O3S. The van der Waals surface area contributed by atoms with Crippen LogP contribution in [0.2, 0.25) is 0 Å². The molecule has 0 unspecified atom stereocenters. The summed E-state index contributed by atoms with van der Waals surface area (Å²) in [6.45, 7) is 3.36. The van der Waals surface area contributed by atoms with Crippen LogP contribution >= 0.6 is 0 Å². The van der Waals surface area contributed by atoms with E-state index in [1.807, 2.05) is 0 Å². The summed E-state index contributed by atoms with van der Waals surface area (Å²) >= 11 is 0. The first-order valence-corrected chi connectivity index (χ1v) is 7.12. The van der Waals surface area contributed by atoms with Gasteiger partial charge in [-0.3, -0.25) is 9.36 Å². The molecule has 0 aliphatic heterocycles. The van der Waals surface area contributed by atoms with E-state index in [2.05, 4.69) is 11.6 Å². The molecule has 2 rings (SSSR count). The zero-order valence-corrected chi connectivity index (χ0v) is 10.4. The van der Waals surface area contributed by atoms with Crippen molar-refractivity contribution >= 4 is 26.8 Å². The highest BCUT2D eigenvalue weighted by Crippen LogP contribution is 2.12. The lowest BCUT2D eigenvalue weighted by atomic mass is 10.3. The Morgan fingerprint density at radius 3 is 2.83 bits per heavy atom. The van der Waals surface area contributed by atoms with Crippen molar-refractivity contribution in [3.8, 4) is 0 Å². The SMILES string of the molecule is C=CCS(=O)(=O)CC(=O)n1cnc2ccccc21. The fourth-order valence-corrected chi connectivity index (χ4v) is 2.65. The van der Waals surface area contributed by atoms with Gasteiger partial charge < -0.3 is 0 Å². The molecule has 0 bridgehead atoms. The number of carbonyl (C=O) groups is 1. The number of sulfone groups is 1. The van der Waals surface area contributed by atoms with Gasteiger partial charge in [0.2, 0.25) is 5.91 Å². The number of benzene rings is 1. The Morgan fingerprint density at radius 2 is 2.11 bits per heavy atom. The molecule has 5 nitrogen and oxygen atoms in total. The number of hydrogen-bond acceptors (Lipinski definition) is 4. The molecule has 6 heteroatoms. The van der Waals surface area contributed by atoms with E-state index in [1.54, 1.807) is 24.3 Å². The number of carbonyl (C=O) groups excluding carboxylic acids is 1. The highest BCUT2D eigenvalue weighted by Gasteiger charge is 2.18. The summed E-state index contributed by atoms with van der Waals surface area (Å²) in [5, 5.41) is 0. The van der Waals surface area contributed by atoms with E-state index in [4.69, 9.17) is 0 Å². The average molecular weight is 264 g/mol. The zero-order valence-electron chi connectivity index (χ0n) is 9.61. The summed E-state index contributed by atoms with van der Waals surface area (Å²) in [6, 6.07) is 7.06. The monoisotopic (exact) mass is 264 g/mol. The maximum absolute atomic E-state index is 11.9. The molecule has 1 aromatic heterocycles. The minimum atomic E-state index is -3.44. The standard InChI is InChI=1S/C12H12N2O3S/c1-2-7-18(16,17)8-12(15)14-9-13-10-5-3-4-6-11(10)14/h2-6,9H,1,7-8H2. The zero-order chi connectivity index (χ0) is 13.2. The second-order valence-electron chi connectivity index (χ2n) is 3.84. The van der Waals surface area contributed by atoms with E-state index in [-0.39, 0.29) is 5.75 Å². The molecule has 1 aromatic carbocycles. The highest BCUT2D eigenvalue weighted by molar-refractivity contribution is 7.92. The molecule has 2 aromatic rings. The average Bonchev–Trinajstić information content (AvgIpc) is 2.71. The first-order chi connectivity index (χ1) is 8.53. The van der Waals surface area contributed by atoms with Crippen LogP contribution in [0.15, 0.2) is 43.2 Å². The third kappa shape index (κ3) is 2.48. The number of imidazole rings is 1. The van der Waals surface area contributed by atoms with Gasteiger partial charge in [-0.15, -0.1) is 6.58 Å². The van der Waals surface area contributed by atoms with Crippen molar-refractivity contribution in [2.45, 2.75) is 0 Å². The molecule has 0 fully saturated rings. The second kappa shape index (κ2) is 4.73. The van der Waals surface area contributed by atoms with Gasteiger partial charge in [0, 0.05) is 0 Å². The van der Waals surface area contributed by atoms with Crippen molar-refractivity contribution in [2.75, 3.05) is 11.5 Å². The Labute approximate surface area is 105 Å². The van der Waals surface area contributed by atoms with Gasteiger partial charge >= 0.3 is 0 Å². The summed E-state index contributed by atoms with van der Waals surface area (Å²) < 4.78 is 24.4. The second-order valence-corrected chi connectivity index (χ2v) is 5.95. The molecule has 0 amide bonds. The van der Waals surface area contributed by atoms with Crippen molar-refractivity contribution in [1.29, 1.82) is 0 Å². The van der Waals surface area contributed by atoms with Crippen LogP contribution in [-0.2, 0) is 9.84 Å². The van der Waals surface area contributed by atoms with E-state index in [0.29, 0.717) is 11.0 Å². The van der Waals surface area contributed by atoms with Crippen molar-refractivity contribution in [3.63, 3.8) is 0 Å². The fourth-order valence-electron chi connectivity index (χ4n) is 1.65. The summed E-state index contributed by atoms with van der Waals surface area (Å²) in [6.07, 6.45) is 2.62.